The van der Waals surface area contributed by atoms with E-state index >= 15 is 0 Å². The first-order chi connectivity index (χ1) is 11.6. The summed E-state index contributed by atoms with van der Waals surface area (Å²) in [6.45, 7) is 0.379. The van der Waals surface area contributed by atoms with Gasteiger partial charge in [-0.2, -0.15) is 8.42 Å². The Morgan fingerprint density at radius 3 is 2.83 bits per heavy atom. The molecule has 4 rings (SSSR count). The Morgan fingerprint density at radius 2 is 2.12 bits per heavy atom. The first-order valence-electron chi connectivity index (χ1n) is 6.79. The van der Waals surface area contributed by atoms with E-state index in [0.29, 0.717) is 16.3 Å². The van der Waals surface area contributed by atoms with Gasteiger partial charge in [-0.25, -0.2) is 0 Å². The van der Waals surface area contributed by atoms with Gasteiger partial charge in [0.2, 0.25) is 11.6 Å². The zero-order valence-electron chi connectivity index (χ0n) is 12.1. The van der Waals surface area contributed by atoms with Crippen LogP contribution < -0.4 is 14.3 Å². The van der Waals surface area contributed by atoms with Crippen LogP contribution in [0.3, 0.4) is 0 Å². The van der Waals surface area contributed by atoms with Crippen LogP contribution >= 0.6 is 22.7 Å². The third kappa shape index (κ3) is 2.49. The maximum atomic E-state index is 12.4. The number of fused-ring (bicyclic) bond motifs is 2. The van der Waals surface area contributed by atoms with Gasteiger partial charge in [-0.15, -0.1) is 22.2 Å². The SMILES string of the molecule is C#CCn1c(=NS(=O)(=O)c2cccs2)sc2cc3c(cc21)OCO3. The van der Waals surface area contributed by atoms with E-state index in [1.807, 2.05) is 6.07 Å². The molecule has 3 heterocycles. The number of aromatic nitrogens is 1. The third-order valence-corrected chi connectivity index (χ3v) is 7.17. The Hall–Kier alpha value is -2.28. The van der Waals surface area contributed by atoms with E-state index in [9.17, 15) is 8.42 Å². The van der Waals surface area contributed by atoms with Gasteiger partial charge in [0.25, 0.3) is 10.0 Å². The highest BCUT2D eigenvalue weighted by Gasteiger charge is 2.19. The maximum absolute atomic E-state index is 12.4. The fourth-order valence-electron chi connectivity index (χ4n) is 2.33. The minimum Gasteiger partial charge on any atom is -0.454 e. The van der Waals surface area contributed by atoms with Crippen molar-refractivity contribution in [2.75, 3.05) is 6.79 Å². The van der Waals surface area contributed by atoms with Gasteiger partial charge >= 0.3 is 0 Å². The molecule has 0 N–H and O–H groups in total. The highest BCUT2D eigenvalue weighted by Crippen LogP contribution is 2.37. The molecule has 0 aliphatic carbocycles. The number of hydrogen-bond acceptors (Lipinski definition) is 6. The van der Waals surface area contributed by atoms with Crippen molar-refractivity contribution in [1.82, 2.24) is 4.57 Å². The van der Waals surface area contributed by atoms with Gasteiger partial charge in [0.15, 0.2) is 11.5 Å². The monoisotopic (exact) mass is 378 g/mol. The fourth-order valence-corrected chi connectivity index (χ4v) is 5.54. The van der Waals surface area contributed by atoms with Crippen molar-refractivity contribution in [3.8, 4) is 23.8 Å². The smallest absolute Gasteiger partial charge is 0.294 e. The fraction of sp³-hybridized carbons (Fsp3) is 0.133. The summed E-state index contributed by atoms with van der Waals surface area (Å²) in [4.78, 5) is 0.319. The molecule has 24 heavy (non-hydrogen) atoms. The summed E-state index contributed by atoms with van der Waals surface area (Å²) >= 11 is 2.37. The molecule has 0 spiro atoms. The molecule has 0 fully saturated rings. The van der Waals surface area contributed by atoms with E-state index in [0.717, 1.165) is 21.6 Å². The van der Waals surface area contributed by atoms with E-state index in [1.54, 1.807) is 22.1 Å². The molecular weight excluding hydrogens is 368 g/mol. The van der Waals surface area contributed by atoms with Crippen molar-refractivity contribution in [1.29, 1.82) is 0 Å². The van der Waals surface area contributed by atoms with Crippen molar-refractivity contribution in [3.05, 3.63) is 34.4 Å². The summed E-state index contributed by atoms with van der Waals surface area (Å²) in [5, 5.41) is 1.70. The number of rotatable bonds is 3. The molecule has 0 radical (unpaired) electrons. The summed E-state index contributed by atoms with van der Waals surface area (Å²) in [6.07, 6.45) is 5.44. The van der Waals surface area contributed by atoms with Crippen LogP contribution in [0.4, 0.5) is 0 Å². The Labute approximate surface area is 145 Å². The standard InChI is InChI=1S/C15H10N2O4S3/c1-2-5-17-10-7-11-12(21-9-20-11)8-13(10)23-15(17)16-24(18,19)14-4-3-6-22-14/h1,3-4,6-8H,5,9H2. The summed E-state index contributed by atoms with van der Waals surface area (Å²) in [5.41, 5.74) is 0.766. The van der Waals surface area contributed by atoms with E-state index in [1.165, 1.54) is 17.4 Å². The highest BCUT2D eigenvalue weighted by molar-refractivity contribution is 7.92. The van der Waals surface area contributed by atoms with Gasteiger partial charge in [-0.05, 0) is 11.4 Å². The molecule has 0 saturated heterocycles. The van der Waals surface area contributed by atoms with Crippen molar-refractivity contribution < 1.29 is 17.9 Å². The van der Waals surface area contributed by atoms with Gasteiger partial charge in [-0.3, -0.25) is 0 Å². The second kappa shape index (κ2) is 5.66. The molecule has 122 valence electrons. The molecule has 0 saturated carbocycles. The zero-order valence-corrected chi connectivity index (χ0v) is 14.6. The average molecular weight is 378 g/mol. The quantitative estimate of drug-likeness (QED) is 0.657. The van der Waals surface area contributed by atoms with Crippen molar-refractivity contribution in [2.24, 2.45) is 4.40 Å². The summed E-state index contributed by atoms with van der Waals surface area (Å²) in [6, 6.07) is 6.81. The Kier molecular flexibility index (Phi) is 3.60. The molecule has 0 amide bonds. The van der Waals surface area contributed by atoms with Crippen molar-refractivity contribution in [3.63, 3.8) is 0 Å². The average Bonchev–Trinajstić information content (AvgIpc) is 3.26. The van der Waals surface area contributed by atoms with E-state index in [-0.39, 0.29) is 17.5 Å². The number of thiazole rings is 1. The van der Waals surface area contributed by atoms with Gasteiger partial charge in [-0.1, -0.05) is 23.3 Å². The van der Waals surface area contributed by atoms with Crippen LogP contribution in [0.2, 0.25) is 0 Å². The summed E-state index contributed by atoms with van der Waals surface area (Å²) in [5.74, 6) is 3.78. The van der Waals surface area contributed by atoms with Crippen molar-refractivity contribution >= 4 is 42.9 Å². The van der Waals surface area contributed by atoms with Gasteiger partial charge in [0.05, 0.1) is 16.8 Å². The van der Waals surface area contributed by atoms with E-state index in [4.69, 9.17) is 15.9 Å². The summed E-state index contributed by atoms with van der Waals surface area (Å²) in [7, 11) is -3.77. The van der Waals surface area contributed by atoms with Crippen LogP contribution in [0.15, 0.2) is 38.3 Å². The molecule has 0 atom stereocenters. The molecule has 6 nitrogen and oxygen atoms in total. The minimum atomic E-state index is -3.77. The highest BCUT2D eigenvalue weighted by atomic mass is 32.2. The van der Waals surface area contributed by atoms with E-state index in [2.05, 4.69) is 10.3 Å². The first-order valence-corrected chi connectivity index (χ1v) is 9.93. The number of thiophene rings is 1. The number of terminal acetylenes is 1. The Balaban J connectivity index is 1.97. The van der Waals surface area contributed by atoms with Crippen LogP contribution in [0, 0.1) is 12.3 Å². The number of sulfonamides is 1. The molecule has 0 bridgehead atoms. The maximum Gasteiger partial charge on any atom is 0.294 e. The number of benzene rings is 1. The lowest BCUT2D eigenvalue weighted by atomic mass is 10.3. The normalized spacial score (nSPS) is 14.2. The first kappa shape index (κ1) is 15.3. The molecular formula is C15H10N2O4S3. The number of hydrogen-bond donors (Lipinski definition) is 0. The molecule has 2 aromatic heterocycles. The Bertz CT molecular complexity index is 1130. The van der Waals surface area contributed by atoms with Crippen LogP contribution in [0.25, 0.3) is 10.2 Å². The van der Waals surface area contributed by atoms with Crippen LogP contribution in [-0.2, 0) is 16.6 Å². The van der Waals surface area contributed by atoms with Crippen LogP contribution in [0.5, 0.6) is 11.5 Å². The molecule has 0 unspecified atom stereocenters. The second-order valence-corrected chi connectivity index (χ2v) is 8.63. The summed E-state index contributed by atoms with van der Waals surface area (Å²) < 4.78 is 42.3. The molecule has 1 aromatic carbocycles. The third-order valence-electron chi connectivity index (χ3n) is 3.37. The van der Waals surface area contributed by atoms with Crippen molar-refractivity contribution in [2.45, 2.75) is 10.8 Å². The number of ether oxygens (including phenoxy) is 2. The molecule has 9 heteroatoms. The topological polar surface area (TPSA) is 69.9 Å². The minimum absolute atomic E-state index is 0.172. The lowest BCUT2D eigenvalue weighted by Gasteiger charge is -2.01. The van der Waals surface area contributed by atoms with E-state index < -0.39 is 10.0 Å². The second-order valence-electron chi connectivity index (χ2n) is 4.85. The van der Waals surface area contributed by atoms with Gasteiger partial charge in [0.1, 0.15) is 4.21 Å². The van der Waals surface area contributed by atoms with Crippen LogP contribution in [-0.4, -0.2) is 19.8 Å². The molecule has 1 aliphatic rings. The van der Waals surface area contributed by atoms with Crippen LogP contribution in [0.1, 0.15) is 0 Å². The lowest BCUT2D eigenvalue weighted by Crippen LogP contribution is -2.16. The zero-order chi connectivity index (χ0) is 16.7. The number of nitrogens with zero attached hydrogens (tertiary/aromatic N) is 2. The predicted molar refractivity (Wildman–Crippen MR) is 91.8 cm³/mol. The van der Waals surface area contributed by atoms with Gasteiger partial charge < -0.3 is 14.0 Å². The van der Waals surface area contributed by atoms with Gasteiger partial charge in [0, 0.05) is 12.1 Å². The lowest BCUT2D eigenvalue weighted by molar-refractivity contribution is 0.174. The molecule has 3 aromatic rings. The Morgan fingerprint density at radius 1 is 1.33 bits per heavy atom. The molecule has 1 aliphatic heterocycles. The predicted octanol–water partition coefficient (Wildman–Crippen LogP) is 2.42. The largest absolute Gasteiger partial charge is 0.454 e.